The molecule has 1 amide bonds. The molecule has 1 saturated heterocycles. The lowest BCUT2D eigenvalue weighted by atomic mass is 9.98. The van der Waals surface area contributed by atoms with Crippen molar-refractivity contribution in [2.24, 2.45) is 11.0 Å². The van der Waals surface area contributed by atoms with E-state index in [0.29, 0.717) is 29.4 Å². The third kappa shape index (κ3) is 5.55. The molecular formula is C21H24ClN3O5S. The summed E-state index contributed by atoms with van der Waals surface area (Å²) in [4.78, 5) is 12.5. The third-order valence-corrected chi connectivity index (χ3v) is 7.22. The van der Waals surface area contributed by atoms with Gasteiger partial charge in [0.25, 0.3) is 0 Å². The number of methoxy groups -OCH3 is 2. The van der Waals surface area contributed by atoms with Crippen LogP contribution in [0.15, 0.2) is 52.5 Å². The van der Waals surface area contributed by atoms with Crippen LogP contribution in [0.2, 0.25) is 5.02 Å². The average molecular weight is 466 g/mol. The fourth-order valence-corrected chi connectivity index (χ4v) is 4.91. The Morgan fingerprint density at radius 1 is 1.10 bits per heavy atom. The summed E-state index contributed by atoms with van der Waals surface area (Å²) in [6.07, 6.45) is 2.36. The number of nitrogens with zero attached hydrogens (tertiary/aromatic N) is 2. The van der Waals surface area contributed by atoms with E-state index in [9.17, 15) is 13.2 Å². The van der Waals surface area contributed by atoms with Crippen molar-refractivity contribution in [1.82, 2.24) is 9.73 Å². The number of sulfonamides is 1. The normalized spacial score (nSPS) is 15.7. The first-order valence-electron chi connectivity index (χ1n) is 9.66. The first kappa shape index (κ1) is 23.1. The highest BCUT2D eigenvalue weighted by molar-refractivity contribution is 7.89. The molecule has 1 N–H and O–H groups in total. The molecule has 1 heterocycles. The van der Waals surface area contributed by atoms with Gasteiger partial charge in [0, 0.05) is 30.1 Å². The van der Waals surface area contributed by atoms with Crippen LogP contribution in [0.4, 0.5) is 0 Å². The van der Waals surface area contributed by atoms with Gasteiger partial charge in [-0.15, -0.1) is 0 Å². The van der Waals surface area contributed by atoms with Crippen LogP contribution in [0.5, 0.6) is 11.5 Å². The van der Waals surface area contributed by atoms with Crippen LogP contribution >= 0.6 is 11.6 Å². The Labute approximate surface area is 186 Å². The van der Waals surface area contributed by atoms with Crippen LogP contribution in [-0.2, 0) is 14.8 Å². The van der Waals surface area contributed by atoms with Crippen molar-refractivity contribution in [3.63, 3.8) is 0 Å². The van der Waals surface area contributed by atoms with Gasteiger partial charge in [0.2, 0.25) is 15.9 Å². The van der Waals surface area contributed by atoms with Crippen LogP contribution in [0.1, 0.15) is 18.4 Å². The highest BCUT2D eigenvalue weighted by Gasteiger charge is 2.32. The number of carbonyl (C=O) groups is 1. The second kappa shape index (κ2) is 10.1. The Bertz CT molecular complexity index is 1050. The molecule has 0 unspecified atom stereocenters. The zero-order valence-corrected chi connectivity index (χ0v) is 18.8. The number of amides is 1. The van der Waals surface area contributed by atoms with Gasteiger partial charge in [0.05, 0.1) is 25.3 Å². The van der Waals surface area contributed by atoms with E-state index in [1.807, 2.05) is 0 Å². The molecule has 0 spiro atoms. The Kier molecular flexibility index (Phi) is 7.53. The Hall–Kier alpha value is -2.62. The number of carbonyl (C=O) groups excluding carboxylic acids is 1. The Balaban J connectivity index is 1.58. The van der Waals surface area contributed by atoms with E-state index in [1.54, 1.807) is 30.3 Å². The molecule has 0 atom stereocenters. The number of hydrogen-bond donors (Lipinski definition) is 1. The smallest absolute Gasteiger partial charge is 0.243 e. The number of nitrogens with one attached hydrogen (secondary N) is 1. The third-order valence-electron chi connectivity index (χ3n) is 5.08. The summed E-state index contributed by atoms with van der Waals surface area (Å²) < 4.78 is 37.7. The second-order valence-corrected chi connectivity index (χ2v) is 9.36. The molecule has 1 aliphatic heterocycles. The van der Waals surface area contributed by atoms with Gasteiger partial charge in [-0.3, -0.25) is 4.79 Å². The highest BCUT2D eigenvalue weighted by Crippen LogP contribution is 2.32. The van der Waals surface area contributed by atoms with Gasteiger partial charge in [-0.1, -0.05) is 23.7 Å². The lowest BCUT2D eigenvalue weighted by Crippen LogP contribution is -2.42. The quantitative estimate of drug-likeness (QED) is 0.501. The molecule has 0 aliphatic carbocycles. The summed E-state index contributed by atoms with van der Waals surface area (Å²) in [7, 11) is -0.760. The van der Waals surface area contributed by atoms with Crippen LogP contribution in [0, 0.1) is 5.92 Å². The summed E-state index contributed by atoms with van der Waals surface area (Å²) in [5.41, 5.74) is 3.33. The van der Waals surface area contributed by atoms with E-state index < -0.39 is 10.0 Å². The zero-order valence-electron chi connectivity index (χ0n) is 17.2. The molecule has 166 valence electrons. The molecule has 1 fully saturated rings. The number of benzene rings is 2. The van der Waals surface area contributed by atoms with Crippen molar-refractivity contribution in [1.29, 1.82) is 0 Å². The van der Waals surface area contributed by atoms with Gasteiger partial charge < -0.3 is 9.47 Å². The molecule has 0 saturated carbocycles. The van der Waals surface area contributed by atoms with Gasteiger partial charge >= 0.3 is 0 Å². The first-order chi connectivity index (χ1) is 14.8. The summed E-state index contributed by atoms with van der Waals surface area (Å²) in [5.74, 6) is 0.264. The van der Waals surface area contributed by atoms with Gasteiger partial charge in [-0.25, -0.2) is 13.8 Å². The molecule has 10 heteroatoms. The summed E-state index contributed by atoms with van der Waals surface area (Å²) >= 11 is 5.84. The number of halogens is 1. The number of rotatable bonds is 7. The van der Waals surface area contributed by atoms with Crippen LogP contribution in [-0.4, -0.2) is 52.2 Å². The monoisotopic (exact) mass is 465 g/mol. The van der Waals surface area contributed by atoms with E-state index in [0.717, 1.165) is 5.56 Å². The maximum absolute atomic E-state index is 13.0. The number of hydrogen-bond acceptors (Lipinski definition) is 6. The number of hydrazone groups is 1. The first-order valence-corrected chi connectivity index (χ1v) is 11.5. The largest absolute Gasteiger partial charge is 0.493 e. The lowest BCUT2D eigenvalue weighted by Gasteiger charge is -2.30. The molecule has 2 aromatic carbocycles. The molecule has 0 aromatic heterocycles. The Morgan fingerprint density at radius 2 is 1.74 bits per heavy atom. The van der Waals surface area contributed by atoms with Crippen molar-refractivity contribution in [3.05, 3.63) is 53.1 Å². The molecular weight excluding hydrogens is 442 g/mol. The van der Waals surface area contributed by atoms with Crippen LogP contribution in [0.3, 0.4) is 0 Å². The lowest BCUT2D eigenvalue weighted by molar-refractivity contribution is -0.126. The van der Waals surface area contributed by atoms with Crippen LogP contribution in [0.25, 0.3) is 0 Å². The van der Waals surface area contributed by atoms with Gasteiger partial charge in [0.1, 0.15) is 0 Å². The predicted molar refractivity (Wildman–Crippen MR) is 118 cm³/mol. The van der Waals surface area contributed by atoms with E-state index >= 15 is 0 Å². The van der Waals surface area contributed by atoms with Crippen LogP contribution < -0.4 is 14.9 Å². The van der Waals surface area contributed by atoms with Crippen molar-refractivity contribution >= 4 is 33.7 Å². The Morgan fingerprint density at radius 3 is 2.35 bits per heavy atom. The van der Waals surface area contributed by atoms with Crippen molar-refractivity contribution < 1.29 is 22.7 Å². The highest BCUT2D eigenvalue weighted by atomic mass is 35.5. The van der Waals surface area contributed by atoms with E-state index in [1.165, 1.54) is 36.9 Å². The molecule has 2 aromatic rings. The molecule has 31 heavy (non-hydrogen) atoms. The molecule has 0 radical (unpaired) electrons. The van der Waals surface area contributed by atoms with E-state index in [4.69, 9.17) is 21.1 Å². The maximum atomic E-state index is 13.0. The number of piperidine rings is 1. The fraction of sp³-hybridized carbons (Fsp3) is 0.333. The maximum Gasteiger partial charge on any atom is 0.243 e. The van der Waals surface area contributed by atoms with Gasteiger partial charge in [-0.2, -0.15) is 9.41 Å². The van der Waals surface area contributed by atoms with E-state index in [-0.39, 0.29) is 29.8 Å². The summed E-state index contributed by atoms with van der Waals surface area (Å²) in [5, 5.41) is 4.59. The minimum Gasteiger partial charge on any atom is -0.493 e. The molecule has 3 rings (SSSR count). The standard InChI is InChI=1S/C21H24ClN3O5S/c1-29-19-8-7-18(13-20(19)30-2)31(27,28)25-11-9-16(10-12-25)21(26)24-23-14-15-3-5-17(22)6-4-15/h3-8,13-14,16H,9-12H2,1-2H3,(H,24,26)/b23-14-. The summed E-state index contributed by atoms with van der Waals surface area (Å²) in [6, 6.07) is 11.5. The zero-order chi connectivity index (χ0) is 22.4. The SMILES string of the molecule is COc1ccc(S(=O)(=O)N2CCC(C(=O)N/N=C\c3ccc(Cl)cc3)CC2)cc1OC. The minimum absolute atomic E-state index is 0.126. The number of ether oxygens (including phenoxy) is 2. The topological polar surface area (TPSA) is 97.3 Å². The van der Waals surface area contributed by atoms with E-state index in [2.05, 4.69) is 10.5 Å². The van der Waals surface area contributed by atoms with Crippen molar-refractivity contribution in [2.75, 3.05) is 27.3 Å². The predicted octanol–water partition coefficient (Wildman–Crippen LogP) is 2.91. The second-order valence-electron chi connectivity index (χ2n) is 6.98. The van der Waals surface area contributed by atoms with Crippen molar-refractivity contribution in [3.8, 4) is 11.5 Å². The van der Waals surface area contributed by atoms with Gasteiger partial charge in [0.15, 0.2) is 11.5 Å². The molecule has 1 aliphatic rings. The molecule has 0 bridgehead atoms. The van der Waals surface area contributed by atoms with Gasteiger partial charge in [-0.05, 0) is 42.7 Å². The molecule has 8 nitrogen and oxygen atoms in total. The summed E-state index contributed by atoms with van der Waals surface area (Å²) in [6.45, 7) is 0.491. The average Bonchev–Trinajstić information content (AvgIpc) is 2.79. The minimum atomic E-state index is -3.70. The fourth-order valence-electron chi connectivity index (χ4n) is 3.29. The van der Waals surface area contributed by atoms with Crippen molar-refractivity contribution in [2.45, 2.75) is 17.7 Å².